The molecule has 1 aliphatic rings. The molecule has 0 aliphatic carbocycles. The molecule has 140 valence electrons. The second-order valence-corrected chi connectivity index (χ2v) is 7.86. The normalized spacial score (nSPS) is 15.9. The van der Waals surface area contributed by atoms with E-state index >= 15 is 0 Å². The maximum absolute atomic E-state index is 6.58. The van der Waals surface area contributed by atoms with Gasteiger partial charge in [-0.05, 0) is 61.7 Å². The first-order valence-electron chi connectivity index (χ1n) is 9.53. The Kier molecular flexibility index (Phi) is 5.19. The summed E-state index contributed by atoms with van der Waals surface area (Å²) >= 11 is 6.04. The number of aromatic nitrogens is 2. The number of likely N-dealkylation sites (tertiary alicyclic amines) is 1. The number of nitrogens with two attached hydrogens (primary N) is 1. The van der Waals surface area contributed by atoms with E-state index in [1.165, 1.54) is 12.8 Å². The van der Waals surface area contributed by atoms with E-state index in [1.54, 1.807) is 0 Å². The van der Waals surface area contributed by atoms with Gasteiger partial charge in [-0.1, -0.05) is 48.9 Å². The number of piperidine rings is 1. The monoisotopic (exact) mass is 380 g/mol. The van der Waals surface area contributed by atoms with Gasteiger partial charge in [0.05, 0.1) is 11.4 Å². The number of hydrogen-bond acceptors (Lipinski definition) is 3. The molecule has 1 fully saturated rings. The van der Waals surface area contributed by atoms with Crippen molar-refractivity contribution in [1.29, 1.82) is 0 Å². The number of anilines is 1. The van der Waals surface area contributed by atoms with Gasteiger partial charge in [0.25, 0.3) is 0 Å². The maximum atomic E-state index is 6.58. The van der Waals surface area contributed by atoms with Crippen LogP contribution in [0, 0.1) is 5.92 Å². The second-order valence-electron chi connectivity index (χ2n) is 7.42. The lowest BCUT2D eigenvalue weighted by molar-refractivity contribution is 0.183. The molecule has 4 nitrogen and oxygen atoms in total. The van der Waals surface area contributed by atoms with Crippen molar-refractivity contribution in [3.05, 3.63) is 65.3 Å². The van der Waals surface area contributed by atoms with Crippen molar-refractivity contribution in [2.45, 2.75) is 26.3 Å². The van der Waals surface area contributed by atoms with Crippen molar-refractivity contribution in [3.63, 3.8) is 0 Å². The average molecular weight is 381 g/mol. The zero-order valence-corrected chi connectivity index (χ0v) is 16.4. The zero-order valence-electron chi connectivity index (χ0n) is 15.6. The minimum Gasteiger partial charge on any atom is -0.383 e. The molecule has 1 aromatic heterocycles. The Hall–Kier alpha value is -2.30. The summed E-state index contributed by atoms with van der Waals surface area (Å²) in [5.41, 5.74) is 10.7. The smallest absolute Gasteiger partial charge is 0.135 e. The highest BCUT2D eigenvalue weighted by atomic mass is 35.5. The molecule has 4 rings (SSSR count). The fraction of sp³-hybridized carbons (Fsp3) is 0.318. The first-order chi connectivity index (χ1) is 13.1. The van der Waals surface area contributed by atoms with E-state index in [2.05, 4.69) is 24.0 Å². The third kappa shape index (κ3) is 3.87. The van der Waals surface area contributed by atoms with E-state index in [9.17, 15) is 0 Å². The quantitative estimate of drug-likeness (QED) is 0.692. The van der Waals surface area contributed by atoms with Crippen LogP contribution in [0.5, 0.6) is 0 Å². The van der Waals surface area contributed by atoms with E-state index < -0.39 is 0 Å². The summed E-state index contributed by atoms with van der Waals surface area (Å²) < 4.78 is 1.83. The van der Waals surface area contributed by atoms with Crippen molar-refractivity contribution < 1.29 is 0 Å². The molecule has 0 radical (unpaired) electrons. The number of benzene rings is 2. The number of nitrogens with zero attached hydrogens (tertiary/aromatic N) is 3. The molecular weight excluding hydrogens is 356 g/mol. The summed E-state index contributed by atoms with van der Waals surface area (Å²) in [5.74, 6) is 1.48. The molecule has 3 aromatic rings. The van der Waals surface area contributed by atoms with Gasteiger partial charge >= 0.3 is 0 Å². The van der Waals surface area contributed by atoms with Gasteiger partial charge in [0.15, 0.2) is 0 Å². The van der Waals surface area contributed by atoms with Crippen molar-refractivity contribution in [2.24, 2.45) is 5.92 Å². The van der Waals surface area contributed by atoms with E-state index in [-0.39, 0.29) is 0 Å². The SMILES string of the molecule is CC1CCN(Cc2nn(-c3ccc(Cl)cc3)c(N)c2-c2ccccc2)CC1. The Morgan fingerprint density at radius 1 is 1.04 bits per heavy atom. The topological polar surface area (TPSA) is 47.1 Å². The molecular formula is C22H25ClN4. The molecule has 1 aliphatic heterocycles. The molecule has 0 saturated carbocycles. The number of rotatable bonds is 4. The Morgan fingerprint density at radius 3 is 2.37 bits per heavy atom. The minimum absolute atomic E-state index is 0.670. The van der Waals surface area contributed by atoms with Crippen LogP contribution in [-0.4, -0.2) is 27.8 Å². The molecule has 0 spiro atoms. The second kappa shape index (κ2) is 7.75. The molecule has 0 unspecified atom stereocenters. The third-order valence-corrected chi connectivity index (χ3v) is 5.63. The summed E-state index contributed by atoms with van der Waals surface area (Å²) in [7, 11) is 0. The minimum atomic E-state index is 0.670. The van der Waals surface area contributed by atoms with Crippen LogP contribution in [0.15, 0.2) is 54.6 Å². The van der Waals surface area contributed by atoms with Crippen LogP contribution in [0.25, 0.3) is 16.8 Å². The van der Waals surface area contributed by atoms with Crippen molar-refractivity contribution in [1.82, 2.24) is 14.7 Å². The van der Waals surface area contributed by atoms with Gasteiger partial charge in [-0.25, -0.2) is 4.68 Å². The summed E-state index contributed by atoms with van der Waals surface area (Å²) in [6.07, 6.45) is 2.49. The van der Waals surface area contributed by atoms with Crippen LogP contribution in [0.1, 0.15) is 25.5 Å². The summed E-state index contributed by atoms with van der Waals surface area (Å²) in [6.45, 7) is 5.38. The first kappa shape index (κ1) is 18.1. The predicted octanol–water partition coefficient (Wildman–Crippen LogP) is 5.01. The number of nitrogen functional groups attached to an aromatic ring is 1. The Labute approximate surface area is 165 Å². The zero-order chi connectivity index (χ0) is 18.8. The molecule has 0 bridgehead atoms. The molecule has 2 heterocycles. The van der Waals surface area contributed by atoms with Crippen LogP contribution in [0.2, 0.25) is 5.02 Å². The van der Waals surface area contributed by atoms with Gasteiger partial charge in [-0.15, -0.1) is 0 Å². The molecule has 0 atom stereocenters. The van der Waals surface area contributed by atoms with Gasteiger partial charge < -0.3 is 5.73 Å². The Morgan fingerprint density at radius 2 is 1.70 bits per heavy atom. The number of hydrogen-bond donors (Lipinski definition) is 1. The summed E-state index contributed by atoms with van der Waals surface area (Å²) in [5, 5.41) is 5.61. The lowest BCUT2D eigenvalue weighted by Gasteiger charge is -2.29. The predicted molar refractivity (Wildman–Crippen MR) is 112 cm³/mol. The average Bonchev–Trinajstić information content (AvgIpc) is 3.01. The standard InChI is InChI=1S/C22H25ClN4/c1-16-11-13-26(14-12-16)15-20-21(17-5-3-2-4-6-17)22(24)27(25-20)19-9-7-18(23)8-10-19/h2-10,16H,11-15,24H2,1H3. The van der Waals surface area contributed by atoms with Gasteiger partial charge in [-0.2, -0.15) is 5.10 Å². The molecule has 0 amide bonds. The lowest BCUT2D eigenvalue weighted by atomic mass is 9.98. The van der Waals surface area contributed by atoms with Gasteiger partial charge in [0.1, 0.15) is 5.82 Å². The van der Waals surface area contributed by atoms with Crippen LogP contribution < -0.4 is 5.73 Å². The van der Waals surface area contributed by atoms with E-state index in [0.717, 1.165) is 48.1 Å². The summed E-state index contributed by atoms with van der Waals surface area (Å²) in [4.78, 5) is 2.49. The Balaban J connectivity index is 1.74. The van der Waals surface area contributed by atoms with Crippen LogP contribution in [0.3, 0.4) is 0 Å². The van der Waals surface area contributed by atoms with E-state index in [0.29, 0.717) is 10.8 Å². The van der Waals surface area contributed by atoms with Crippen molar-refractivity contribution >= 4 is 17.4 Å². The van der Waals surface area contributed by atoms with Crippen molar-refractivity contribution in [2.75, 3.05) is 18.8 Å². The largest absolute Gasteiger partial charge is 0.383 e. The summed E-state index contributed by atoms with van der Waals surface area (Å²) in [6, 6.07) is 17.9. The van der Waals surface area contributed by atoms with E-state index in [4.69, 9.17) is 22.4 Å². The molecule has 5 heteroatoms. The molecule has 2 N–H and O–H groups in total. The maximum Gasteiger partial charge on any atom is 0.135 e. The highest BCUT2D eigenvalue weighted by Crippen LogP contribution is 2.33. The van der Waals surface area contributed by atoms with Crippen molar-refractivity contribution in [3.8, 4) is 16.8 Å². The fourth-order valence-corrected chi connectivity index (χ4v) is 3.85. The van der Waals surface area contributed by atoms with E-state index in [1.807, 2.05) is 47.1 Å². The van der Waals surface area contributed by atoms with Crippen LogP contribution in [0.4, 0.5) is 5.82 Å². The molecule has 27 heavy (non-hydrogen) atoms. The molecule has 2 aromatic carbocycles. The highest BCUT2D eigenvalue weighted by molar-refractivity contribution is 6.30. The highest BCUT2D eigenvalue weighted by Gasteiger charge is 2.22. The first-order valence-corrected chi connectivity index (χ1v) is 9.90. The van der Waals surface area contributed by atoms with Gasteiger partial charge in [0, 0.05) is 17.1 Å². The lowest BCUT2D eigenvalue weighted by Crippen LogP contribution is -2.32. The fourth-order valence-electron chi connectivity index (χ4n) is 3.72. The third-order valence-electron chi connectivity index (χ3n) is 5.38. The van der Waals surface area contributed by atoms with Crippen LogP contribution >= 0.6 is 11.6 Å². The molecule has 1 saturated heterocycles. The van der Waals surface area contributed by atoms with Crippen LogP contribution in [-0.2, 0) is 6.54 Å². The Bertz CT molecular complexity index is 894. The van der Waals surface area contributed by atoms with Gasteiger partial charge in [-0.3, -0.25) is 4.90 Å². The number of halogens is 1. The van der Waals surface area contributed by atoms with Gasteiger partial charge in [0.2, 0.25) is 0 Å².